The number of halogens is 1. The van der Waals surface area contributed by atoms with Crippen LogP contribution in [0.15, 0.2) is 36.4 Å². The zero-order valence-electron chi connectivity index (χ0n) is 19.1. The first-order chi connectivity index (χ1) is 16.0. The zero-order valence-corrected chi connectivity index (χ0v) is 19.9. The number of carbonyl (C=O) groups excluding carboxylic acids is 1. The van der Waals surface area contributed by atoms with Crippen LogP contribution in [0.4, 0.5) is 11.6 Å². The number of ether oxygens (including phenoxy) is 2. The Kier molecular flexibility index (Phi) is 8.88. The van der Waals surface area contributed by atoms with Crippen LogP contribution in [0.1, 0.15) is 37.8 Å². The summed E-state index contributed by atoms with van der Waals surface area (Å²) in [6, 6.07) is 11.1. The van der Waals surface area contributed by atoms with Crippen molar-refractivity contribution in [3.05, 3.63) is 52.5 Å². The van der Waals surface area contributed by atoms with E-state index in [9.17, 15) is 4.79 Å². The number of nitrogens with zero attached hydrogens (tertiary/aromatic N) is 4. The topological polar surface area (TPSA) is 103 Å². The molecule has 2 aromatic carbocycles. The molecule has 0 aliphatic heterocycles. The summed E-state index contributed by atoms with van der Waals surface area (Å²) in [6.07, 6.45) is 2.04. The fourth-order valence-electron chi connectivity index (χ4n) is 3.07. The Morgan fingerprint density at radius 2 is 1.94 bits per heavy atom. The van der Waals surface area contributed by atoms with Crippen molar-refractivity contribution in [1.29, 1.82) is 0 Å². The van der Waals surface area contributed by atoms with Gasteiger partial charge in [0.15, 0.2) is 18.1 Å². The first-order valence-electron chi connectivity index (χ1n) is 10.9. The lowest BCUT2D eigenvalue weighted by Gasteiger charge is -2.16. The van der Waals surface area contributed by atoms with Gasteiger partial charge in [-0.15, -0.1) is 0 Å². The highest BCUT2D eigenvalue weighted by Gasteiger charge is 2.15. The molecule has 3 aromatic rings. The van der Waals surface area contributed by atoms with E-state index >= 15 is 0 Å². The van der Waals surface area contributed by atoms with Crippen LogP contribution in [-0.2, 0) is 17.9 Å². The van der Waals surface area contributed by atoms with Crippen LogP contribution in [-0.4, -0.2) is 39.3 Å². The minimum absolute atomic E-state index is 0.197. The van der Waals surface area contributed by atoms with Crippen molar-refractivity contribution in [1.82, 2.24) is 20.2 Å². The largest absolute Gasteiger partial charge is 0.490 e. The number of amides is 1. The van der Waals surface area contributed by atoms with Crippen molar-refractivity contribution >= 4 is 29.1 Å². The summed E-state index contributed by atoms with van der Waals surface area (Å²) in [4.78, 5) is 12.3. The fraction of sp³-hybridized carbons (Fsp3) is 0.391. The lowest BCUT2D eigenvalue weighted by molar-refractivity contribution is -0.118. The normalized spacial score (nSPS) is 10.7. The predicted octanol–water partition coefficient (Wildman–Crippen LogP) is 4.46. The van der Waals surface area contributed by atoms with Gasteiger partial charge in [0.25, 0.3) is 5.91 Å². The van der Waals surface area contributed by atoms with Gasteiger partial charge < -0.3 is 20.1 Å². The lowest BCUT2D eigenvalue weighted by Crippen LogP contribution is -2.20. The van der Waals surface area contributed by atoms with Crippen molar-refractivity contribution in [2.45, 2.75) is 46.7 Å². The number of aryl methyl sites for hydroxylation is 2. The molecule has 0 saturated carbocycles. The molecule has 9 nitrogen and oxygen atoms in total. The second kappa shape index (κ2) is 12.1. The monoisotopic (exact) mass is 472 g/mol. The highest BCUT2D eigenvalue weighted by molar-refractivity contribution is 6.32. The summed E-state index contributed by atoms with van der Waals surface area (Å²) < 4.78 is 13.2. The van der Waals surface area contributed by atoms with Gasteiger partial charge in [0.05, 0.1) is 11.6 Å². The van der Waals surface area contributed by atoms with Gasteiger partial charge in [-0.3, -0.25) is 4.79 Å². The number of hydrogen-bond donors (Lipinski definition) is 2. The van der Waals surface area contributed by atoms with Gasteiger partial charge in [-0.05, 0) is 60.5 Å². The number of tetrazole rings is 1. The van der Waals surface area contributed by atoms with Gasteiger partial charge in [0.2, 0.25) is 5.95 Å². The molecule has 0 atom stereocenters. The van der Waals surface area contributed by atoms with Crippen LogP contribution < -0.4 is 20.1 Å². The number of rotatable bonds is 12. The van der Waals surface area contributed by atoms with E-state index in [0.717, 1.165) is 30.5 Å². The molecule has 0 unspecified atom stereocenters. The van der Waals surface area contributed by atoms with Gasteiger partial charge in [-0.25, -0.2) is 4.68 Å². The molecule has 0 spiro atoms. The third kappa shape index (κ3) is 7.08. The molecule has 0 saturated heterocycles. The molecule has 33 heavy (non-hydrogen) atoms. The Hall–Kier alpha value is -3.33. The van der Waals surface area contributed by atoms with Crippen LogP contribution in [0, 0.1) is 6.92 Å². The zero-order chi connectivity index (χ0) is 23.6. The molecular formula is C23H29ClN6O3. The van der Waals surface area contributed by atoms with E-state index in [4.69, 9.17) is 21.1 Å². The van der Waals surface area contributed by atoms with Gasteiger partial charge in [-0.2, -0.15) is 0 Å². The molecule has 2 N–H and O–H groups in total. The molecule has 3 rings (SSSR count). The van der Waals surface area contributed by atoms with Crippen LogP contribution in [0.3, 0.4) is 0 Å². The van der Waals surface area contributed by atoms with Crippen LogP contribution in [0.25, 0.3) is 0 Å². The van der Waals surface area contributed by atoms with E-state index in [1.165, 1.54) is 0 Å². The van der Waals surface area contributed by atoms with Crippen molar-refractivity contribution < 1.29 is 14.3 Å². The fourth-order valence-corrected chi connectivity index (χ4v) is 3.36. The molecule has 1 aromatic heterocycles. The molecule has 0 fully saturated rings. The first kappa shape index (κ1) is 24.3. The van der Waals surface area contributed by atoms with Crippen LogP contribution in [0.2, 0.25) is 5.02 Å². The summed E-state index contributed by atoms with van der Waals surface area (Å²) >= 11 is 6.48. The van der Waals surface area contributed by atoms with E-state index in [0.29, 0.717) is 41.3 Å². The number of unbranched alkanes of at least 4 members (excludes halogenated alkanes) is 1. The molecule has 0 radical (unpaired) electrons. The minimum Gasteiger partial charge on any atom is -0.490 e. The molecule has 0 bridgehead atoms. The molecule has 10 heteroatoms. The van der Waals surface area contributed by atoms with Gasteiger partial charge in [-0.1, -0.05) is 47.7 Å². The summed E-state index contributed by atoms with van der Waals surface area (Å²) in [6.45, 7) is 7.39. The van der Waals surface area contributed by atoms with Gasteiger partial charge in [0.1, 0.15) is 0 Å². The standard InChI is InChI=1S/C23H29ClN6O3/c1-4-6-11-30-23(27-28-29-30)25-14-17-12-19(24)22(20(13-17)32-5-2)33-15-21(31)26-18-9-7-16(3)8-10-18/h7-10,12-13H,4-6,11,14-15H2,1-3H3,(H,26,31)(H,25,27,29). The second-order valence-electron chi connectivity index (χ2n) is 7.47. The lowest BCUT2D eigenvalue weighted by atomic mass is 10.2. The van der Waals surface area contributed by atoms with E-state index in [1.807, 2.05) is 44.2 Å². The van der Waals surface area contributed by atoms with Crippen LogP contribution >= 0.6 is 11.6 Å². The number of benzene rings is 2. The summed E-state index contributed by atoms with van der Waals surface area (Å²) in [7, 11) is 0. The van der Waals surface area contributed by atoms with Crippen molar-refractivity contribution in [3.8, 4) is 11.5 Å². The molecule has 176 valence electrons. The number of carbonyl (C=O) groups is 1. The Balaban J connectivity index is 1.64. The molecule has 0 aliphatic rings. The van der Waals surface area contributed by atoms with Gasteiger partial charge >= 0.3 is 0 Å². The average Bonchev–Trinajstić information content (AvgIpc) is 3.24. The Bertz CT molecular complexity index is 1050. The molecule has 1 heterocycles. The van der Waals surface area contributed by atoms with Gasteiger partial charge in [0, 0.05) is 18.8 Å². The highest BCUT2D eigenvalue weighted by atomic mass is 35.5. The quantitative estimate of drug-likeness (QED) is 0.401. The average molecular weight is 473 g/mol. The number of hydrogen-bond acceptors (Lipinski definition) is 7. The smallest absolute Gasteiger partial charge is 0.262 e. The second-order valence-corrected chi connectivity index (χ2v) is 7.88. The molecule has 1 amide bonds. The van der Waals surface area contributed by atoms with E-state index in [-0.39, 0.29) is 12.5 Å². The van der Waals surface area contributed by atoms with Crippen LogP contribution in [0.5, 0.6) is 11.5 Å². The SMILES string of the molecule is CCCCn1nnnc1NCc1cc(Cl)c(OCC(=O)Nc2ccc(C)cc2)c(OCC)c1. The number of nitrogens with one attached hydrogen (secondary N) is 2. The molecular weight excluding hydrogens is 444 g/mol. The predicted molar refractivity (Wildman–Crippen MR) is 128 cm³/mol. The maximum atomic E-state index is 12.3. The molecule has 0 aliphatic carbocycles. The Morgan fingerprint density at radius 1 is 1.15 bits per heavy atom. The van der Waals surface area contributed by atoms with E-state index in [2.05, 4.69) is 33.1 Å². The Labute approximate surface area is 198 Å². The number of anilines is 2. The van der Waals surface area contributed by atoms with E-state index in [1.54, 1.807) is 10.7 Å². The third-order valence-corrected chi connectivity index (χ3v) is 5.04. The highest BCUT2D eigenvalue weighted by Crippen LogP contribution is 2.37. The van der Waals surface area contributed by atoms with E-state index < -0.39 is 0 Å². The van der Waals surface area contributed by atoms with Crippen molar-refractivity contribution in [2.24, 2.45) is 0 Å². The number of aromatic nitrogens is 4. The maximum absolute atomic E-state index is 12.3. The Morgan fingerprint density at radius 3 is 2.67 bits per heavy atom. The summed E-state index contributed by atoms with van der Waals surface area (Å²) in [5, 5.41) is 18.1. The minimum atomic E-state index is -0.290. The van der Waals surface area contributed by atoms with Crippen molar-refractivity contribution in [3.63, 3.8) is 0 Å². The van der Waals surface area contributed by atoms with Crippen molar-refractivity contribution in [2.75, 3.05) is 23.8 Å². The first-order valence-corrected chi connectivity index (χ1v) is 11.3. The summed E-state index contributed by atoms with van der Waals surface area (Å²) in [5.74, 6) is 1.09. The third-order valence-electron chi connectivity index (χ3n) is 4.76. The summed E-state index contributed by atoms with van der Waals surface area (Å²) in [5.41, 5.74) is 2.68. The maximum Gasteiger partial charge on any atom is 0.262 e.